The van der Waals surface area contributed by atoms with E-state index in [9.17, 15) is 4.79 Å². The second-order valence-electron chi connectivity index (χ2n) is 3.44. The fraction of sp³-hybridized carbons (Fsp3) is 0.417. The van der Waals surface area contributed by atoms with Crippen LogP contribution in [0, 0.1) is 6.92 Å². The van der Waals surface area contributed by atoms with Crippen molar-refractivity contribution in [3.05, 3.63) is 34.9 Å². The molecule has 1 N–H and O–H groups in total. The molecule has 0 spiro atoms. The highest BCUT2D eigenvalue weighted by atomic mass is 16.5. The van der Waals surface area contributed by atoms with E-state index in [2.05, 4.69) is 4.74 Å². The lowest BCUT2D eigenvalue weighted by Gasteiger charge is -2.08. The zero-order chi connectivity index (χ0) is 11.3. The summed E-state index contributed by atoms with van der Waals surface area (Å²) in [6.45, 7) is 2.00. The molecule has 0 radical (unpaired) electrons. The Morgan fingerprint density at radius 2 is 2.07 bits per heavy atom. The Balaban J connectivity index is 2.73. The number of carbonyl (C=O) groups excluding carboxylic acids is 1. The summed E-state index contributed by atoms with van der Waals surface area (Å²) in [4.78, 5) is 11.0. The standard InChI is InChI=1S/C12H16O3/c1-9-10(6-7-12(14)15-2)4-3-5-11(9)8-13/h3-5,13H,6-8H2,1-2H3. The molecule has 0 unspecified atom stereocenters. The van der Waals surface area contributed by atoms with Crippen molar-refractivity contribution >= 4 is 5.97 Å². The van der Waals surface area contributed by atoms with Gasteiger partial charge in [0, 0.05) is 6.42 Å². The maximum absolute atomic E-state index is 11.0. The van der Waals surface area contributed by atoms with E-state index in [1.165, 1.54) is 7.11 Å². The smallest absolute Gasteiger partial charge is 0.305 e. The van der Waals surface area contributed by atoms with Crippen LogP contribution in [0.3, 0.4) is 0 Å². The molecule has 0 saturated heterocycles. The summed E-state index contributed by atoms with van der Waals surface area (Å²) in [7, 11) is 1.39. The Labute approximate surface area is 89.7 Å². The Morgan fingerprint density at radius 1 is 1.40 bits per heavy atom. The normalized spacial score (nSPS) is 10.1. The van der Waals surface area contributed by atoms with Crippen molar-refractivity contribution < 1.29 is 14.6 Å². The van der Waals surface area contributed by atoms with Crippen LogP contribution in [0.4, 0.5) is 0 Å². The molecule has 1 aromatic rings. The summed E-state index contributed by atoms with van der Waals surface area (Å²) in [6.07, 6.45) is 1.04. The second kappa shape index (κ2) is 5.51. The molecule has 0 aliphatic carbocycles. The predicted molar refractivity (Wildman–Crippen MR) is 57.4 cm³/mol. The van der Waals surface area contributed by atoms with E-state index < -0.39 is 0 Å². The maximum atomic E-state index is 11.0. The number of hydrogen-bond donors (Lipinski definition) is 1. The van der Waals surface area contributed by atoms with E-state index in [-0.39, 0.29) is 12.6 Å². The van der Waals surface area contributed by atoms with Gasteiger partial charge in [0.1, 0.15) is 0 Å². The number of aryl methyl sites for hydroxylation is 1. The maximum Gasteiger partial charge on any atom is 0.305 e. The van der Waals surface area contributed by atoms with Gasteiger partial charge in [0.05, 0.1) is 13.7 Å². The monoisotopic (exact) mass is 208 g/mol. The molecule has 0 heterocycles. The number of aliphatic hydroxyl groups excluding tert-OH is 1. The molecule has 0 saturated carbocycles. The highest BCUT2D eigenvalue weighted by Gasteiger charge is 2.06. The SMILES string of the molecule is COC(=O)CCc1cccc(CO)c1C. The average molecular weight is 208 g/mol. The first-order valence-electron chi connectivity index (χ1n) is 4.94. The van der Waals surface area contributed by atoms with Crippen LogP contribution in [0.2, 0.25) is 0 Å². The molecule has 1 rings (SSSR count). The molecule has 0 aliphatic rings. The lowest BCUT2D eigenvalue weighted by atomic mass is 9.99. The Bertz CT molecular complexity index is 345. The third kappa shape index (κ3) is 3.06. The summed E-state index contributed by atoms with van der Waals surface area (Å²) in [5.41, 5.74) is 3.06. The summed E-state index contributed by atoms with van der Waals surface area (Å²) < 4.78 is 4.58. The molecule has 0 aliphatic heterocycles. The fourth-order valence-electron chi connectivity index (χ4n) is 1.52. The highest BCUT2D eigenvalue weighted by molar-refractivity contribution is 5.69. The summed E-state index contributed by atoms with van der Waals surface area (Å²) >= 11 is 0. The highest BCUT2D eigenvalue weighted by Crippen LogP contribution is 2.15. The van der Waals surface area contributed by atoms with Crippen molar-refractivity contribution in [3.63, 3.8) is 0 Å². The largest absolute Gasteiger partial charge is 0.469 e. The molecule has 0 fully saturated rings. The predicted octanol–water partition coefficient (Wildman–Crippen LogP) is 1.59. The Hall–Kier alpha value is -1.35. The van der Waals surface area contributed by atoms with Gasteiger partial charge in [0.15, 0.2) is 0 Å². The van der Waals surface area contributed by atoms with Crippen LogP contribution in [-0.2, 0) is 22.6 Å². The summed E-state index contributed by atoms with van der Waals surface area (Å²) in [5.74, 6) is -0.205. The molecule has 3 nitrogen and oxygen atoms in total. The first kappa shape index (κ1) is 11.7. The van der Waals surface area contributed by atoms with Gasteiger partial charge in [0.25, 0.3) is 0 Å². The molecular formula is C12H16O3. The number of ether oxygens (including phenoxy) is 1. The summed E-state index contributed by atoms with van der Waals surface area (Å²) in [5, 5.41) is 9.07. The number of esters is 1. The quantitative estimate of drug-likeness (QED) is 0.764. The Morgan fingerprint density at radius 3 is 2.67 bits per heavy atom. The van der Waals surface area contributed by atoms with Gasteiger partial charge < -0.3 is 9.84 Å². The number of aliphatic hydroxyl groups is 1. The van der Waals surface area contributed by atoms with Crippen LogP contribution >= 0.6 is 0 Å². The van der Waals surface area contributed by atoms with Crippen molar-refractivity contribution in [2.75, 3.05) is 7.11 Å². The van der Waals surface area contributed by atoms with Gasteiger partial charge in [-0.25, -0.2) is 0 Å². The van der Waals surface area contributed by atoms with Crippen molar-refractivity contribution in [1.82, 2.24) is 0 Å². The van der Waals surface area contributed by atoms with Gasteiger partial charge in [-0.2, -0.15) is 0 Å². The molecule has 0 aromatic heterocycles. The Kier molecular flexibility index (Phi) is 4.31. The van der Waals surface area contributed by atoms with Crippen molar-refractivity contribution in [2.24, 2.45) is 0 Å². The van der Waals surface area contributed by atoms with Crippen LogP contribution in [0.5, 0.6) is 0 Å². The molecular weight excluding hydrogens is 192 g/mol. The lowest BCUT2D eigenvalue weighted by Crippen LogP contribution is -2.03. The van der Waals surface area contributed by atoms with Crippen LogP contribution in [-0.4, -0.2) is 18.2 Å². The minimum atomic E-state index is -0.205. The van der Waals surface area contributed by atoms with Crippen LogP contribution in [0.25, 0.3) is 0 Å². The number of benzene rings is 1. The minimum Gasteiger partial charge on any atom is -0.469 e. The summed E-state index contributed by atoms with van der Waals surface area (Å²) in [6, 6.07) is 5.75. The van der Waals surface area contributed by atoms with Gasteiger partial charge in [-0.1, -0.05) is 18.2 Å². The lowest BCUT2D eigenvalue weighted by molar-refractivity contribution is -0.140. The first-order valence-corrected chi connectivity index (χ1v) is 4.94. The molecule has 1 aromatic carbocycles. The van der Waals surface area contributed by atoms with Crippen LogP contribution in [0.1, 0.15) is 23.1 Å². The van der Waals surface area contributed by atoms with Crippen LogP contribution in [0.15, 0.2) is 18.2 Å². The molecule has 0 amide bonds. The first-order chi connectivity index (χ1) is 7.19. The van der Waals surface area contributed by atoms with E-state index in [1.54, 1.807) is 0 Å². The zero-order valence-corrected chi connectivity index (χ0v) is 9.12. The third-order valence-electron chi connectivity index (χ3n) is 2.55. The van der Waals surface area contributed by atoms with Crippen LogP contribution < -0.4 is 0 Å². The van der Waals surface area contributed by atoms with Gasteiger partial charge in [-0.05, 0) is 30.0 Å². The molecule has 82 valence electrons. The second-order valence-corrected chi connectivity index (χ2v) is 3.44. The number of methoxy groups -OCH3 is 1. The van der Waals surface area contributed by atoms with Gasteiger partial charge in [-0.3, -0.25) is 4.79 Å². The molecule has 0 bridgehead atoms. The molecule has 0 atom stereocenters. The number of rotatable bonds is 4. The van der Waals surface area contributed by atoms with Crippen molar-refractivity contribution in [3.8, 4) is 0 Å². The number of carbonyl (C=O) groups is 1. The van der Waals surface area contributed by atoms with E-state index in [0.717, 1.165) is 16.7 Å². The third-order valence-corrected chi connectivity index (χ3v) is 2.55. The van der Waals surface area contributed by atoms with E-state index in [0.29, 0.717) is 12.8 Å². The van der Waals surface area contributed by atoms with Crippen molar-refractivity contribution in [2.45, 2.75) is 26.4 Å². The van der Waals surface area contributed by atoms with Crippen molar-refractivity contribution in [1.29, 1.82) is 0 Å². The van der Waals surface area contributed by atoms with E-state index in [4.69, 9.17) is 5.11 Å². The number of hydrogen-bond acceptors (Lipinski definition) is 3. The average Bonchev–Trinajstić information content (AvgIpc) is 2.27. The topological polar surface area (TPSA) is 46.5 Å². The van der Waals surface area contributed by atoms with Gasteiger partial charge in [0.2, 0.25) is 0 Å². The van der Waals surface area contributed by atoms with E-state index in [1.807, 2.05) is 25.1 Å². The van der Waals surface area contributed by atoms with E-state index >= 15 is 0 Å². The van der Waals surface area contributed by atoms with Gasteiger partial charge in [-0.15, -0.1) is 0 Å². The minimum absolute atomic E-state index is 0.0396. The zero-order valence-electron chi connectivity index (χ0n) is 9.12. The molecule has 15 heavy (non-hydrogen) atoms. The molecule has 3 heteroatoms. The fourth-order valence-corrected chi connectivity index (χ4v) is 1.52. The van der Waals surface area contributed by atoms with Gasteiger partial charge >= 0.3 is 5.97 Å².